The van der Waals surface area contributed by atoms with E-state index < -0.39 is 31.2 Å². The van der Waals surface area contributed by atoms with E-state index >= 15 is 0 Å². The minimum absolute atomic E-state index is 0.105. The van der Waals surface area contributed by atoms with Gasteiger partial charge in [-0.2, -0.15) is 4.57 Å². The van der Waals surface area contributed by atoms with E-state index in [1.807, 2.05) is 95.3 Å². The Labute approximate surface area is 273 Å². The van der Waals surface area contributed by atoms with Gasteiger partial charge in [0.25, 0.3) is 5.01 Å². The third-order valence-corrected chi connectivity index (χ3v) is 10.9. The zero-order valence-corrected chi connectivity index (χ0v) is 28.2. The number of allylic oxidation sites excluding steroid dienone is 2. The predicted molar refractivity (Wildman–Crippen MR) is 178 cm³/mol. The van der Waals surface area contributed by atoms with Gasteiger partial charge in [0.05, 0.1) is 33.0 Å². The van der Waals surface area contributed by atoms with E-state index in [4.69, 9.17) is 9.47 Å². The van der Waals surface area contributed by atoms with Crippen molar-refractivity contribution in [3.8, 4) is 22.6 Å². The first-order chi connectivity index (χ1) is 21.9. The highest BCUT2D eigenvalue weighted by molar-refractivity contribution is 7.86. The molecule has 244 valence electrons. The number of thiazole rings is 1. The van der Waals surface area contributed by atoms with Crippen LogP contribution in [0.15, 0.2) is 84.3 Å². The Morgan fingerprint density at radius 1 is 1.04 bits per heavy atom. The fourth-order valence-electron chi connectivity index (χ4n) is 5.22. The van der Waals surface area contributed by atoms with Crippen molar-refractivity contribution in [2.45, 2.75) is 44.9 Å². The first-order valence-electron chi connectivity index (χ1n) is 14.8. The summed E-state index contributed by atoms with van der Waals surface area (Å²) in [6.45, 7) is 3.97. The van der Waals surface area contributed by atoms with Crippen LogP contribution < -0.4 is 18.9 Å². The molecule has 2 heterocycles. The van der Waals surface area contributed by atoms with Crippen LogP contribution in [0.5, 0.6) is 11.5 Å². The number of aryl methyl sites for hydroxylation is 1. The maximum atomic E-state index is 11.7. The van der Waals surface area contributed by atoms with Crippen LogP contribution >= 0.6 is 11.3 Å². The maximum Gasteiger partial charge on any atom is 0.263 e. The van der Waals surface area contributed by atoms with Gasteiger partial charge in [-0.25, -0.2) is 16.8 Å². The summed E-state index contributed by atoms with van der Waals surface area (Å²) in [6.07, 6.45) is 4.78. The van der Waals surface area contributed by atoms with E-state index in [0.29, 0.717) is 30.3 Å². The second kappa shape index (κ2) is 13.9. The highest BCUT2D eigenvalue weighted by Crippen LogP contribution is 2.42. The Bertz CT molecular complexity index is 2000. The molecule has 1 aliphatic rings. The molecule has 0 radical (unpaired) electrons. The number of anilines is 1. The molecule has 0 fully saturated rings. The van der Waals surface area contributed by atoms with Crippen molar-refractivity contribution >= 4 is 53.6 Å². The summed E-state index contributed by atoms with van der Waals surface area (Å²) in [5.41, 5.74) is 4.52. The number of benzene rings is 3. The molecule has 10 nitrogen and oxygen atoms in total. The van der Waals surface area contributed by atoms with Gasteiger partial charge in [-0.3, -0.25) is 0 Å². The Morgan fingerprint density at radius 2 is 1.80 bits per heavy atom. The lowest BCUT2D eigenvalue weighted by molar-refractivity contribution is -0.668. The lowest BCUT2D eigenvalue weighted by Crippen LogP contribution is -2.36. The fourth-order valence-corrected chi connectivity index (χ4v) is 7.29. The smallest absolute Gasteiger partial charge is 0.263 e. The quantitative estimate of drug-likeness (QED) is 0.129. The van der Waals surface area contributed by atoms with Gasteiger partial charge in [-0.15, -0.1) is 0 Å². The zero-order valence-electron chi connectivity index (χ0n) is 25.7. The first kappa shape index (κ1) is 33.6. The fraction of sp³-hybridized carbons (Fsp3) is 0.303. The topological polar surface area (TPSA) is 140 Å². The molecule has 1 atom stereocenters. The van der Waals surface area contributed by atoms with E-state index in [0.717, 1.165) is 37.6 Å². The Balaban J connectivity index is 1.54. The minimum Gasteiger partial charge on any atom is -0.748 e. The maximum absolute atomic E-state index is 11.7. The van der Waals surface area contributed by atoms with Crippen LogP contribution in [0.25, 0.3) is 27.4 Å². The molecule has 4 aromatic rings. The van der Waals surface area contributed by atoms with E-state index in [1.54, 1.807) is 7.11 Å². The molecule has 13 heteroatoms. The summed E-state index contributed by atoms with van der Waals surface area (Å²) >= 11 is 1.51. The molecule has 0 spiro atoms. The molecule has 0 N–H and O–H groups in total. The molecule has 46 heavy (non-hydrogen) atoms. The van der Waals surface area contributed by atoms with Gasteiger partial charge in [-0.1, -0.05) is 54.7 Å². The van der Waals surface area contributed by atoms with Gasteiger partial charge in [0.2, 0.25) is 11.4 Å². The average Bonchev–Trinajstić information content (AvgIpc) is 3.54. The summed E-state index contributed by atoms with van der Waals surface area (Å²) in [5.74, 6) is 1.33. The van der Waals surface area contributed by atoms with Crippen LogP contribution in [0.3, 0.4) is 0 Å². The van der Waals surface area contributed by atoms with Gasteiger partial charge in [-0.05, 0) is 54.7 Å². The summed E-state index contributed by atoms with van der Waals surface area (Å²) in [5, 5.41) is -0.233. The summed E-state index contributed by atoms with van der Waals surface area (Å²) in [6, 6.07) is 21.4. The van der Waals surface area contributed by atoms with Crippen molar-refractivity contribution < 1.29 is 40.0 Å². The van der Waals surface area contributed by atoms with Crippen molar-refractivity contribution in [1.29, 1.82) is 0 Å². The lowest BCUT2D eigenvalue weighted by atomic mass is 10.0. The number of aromatic nitrogens is 1. The Morgan fingerprint density at radius 3 is 2.48 bits per heavy atom. The van der Waals surface area contributed by atoms with Crippen molar-refractivity contribution in [3.05, 3.63) is 89.3 Å². The first-order valence-corrected chi connectivity index (χ1v) is 18.7. The molecule has 0 saturated carbocycles. The SMILES string of the molecule is CCC(/C=C1\Oc2ccc(-c3ccccc3)cc2N1CCC(C)S(=O)(=O)[O-])=C\c1sc2cc(OC)ccc2[n+]1CCCS(=O)(=O)[O-]. The van der Waals surface area contributed by atoms with Crippen molar-refractivity contribution in [2.75, 3.05) is 24.3 Å². The van der Waals surface area contributed by atoms with Gasteiger partial charge >= 0.3 is 0 Å². The molecule has 0 bridgehead atoms. The molecule has 0 aliphatic carbocycles. The molecule has 1 aromatic heterocycles. The minimum atomic E-state index is -4.46. The second-order valence-corrected chi connectivity index (χ2v) is 15.4. The molecule has 1 aliphatic heterocycles. The van der Waals surface area contributed by atoms with Gasteiger partial charge in [0, 0.05) is 48.3 Å². The van der Waals surface area contributed by atoms with E-state index in [1.165, 1.54) is 18.3 Å². The van der Waals surface area contributed by atoms with Crippen molar-refractivity contribution in [2.24, 2.45) is 0 Å². The Kier molecular flexibility index (Phi) is 10.2. The molecule has 5 rings (SSSR count). The van der Waals surface area contributed by atoms with Crippen LogP contribution in [0, 0.1) is 0 Å². The van der Waals surface area contributed by atoms with Gasteiger partial charge < -0.3 is 23.5 Å². The van der Waals surface area contributed by atoms with Crippen molar-refractivity contribution in [1.82, 2.24) is 0 Å². The van der Waals surface area contributed by atoms with Crippen LogP contribution in [-0.2, 0) is 26.8 Å². The number of rotatable bonds is 13. The van der Waals surface area contributed by atoms with Crippen LogP contribution in [0.1, 0.15) is 38.1 Å². The third kappa shape index (κ3) is 7.96. The monoisotopic (exact) mass is 683 g/mol. The third-order valence-electron chi connectivity index (χ3n) is 7.83. The molecule has 3 aromatic carbocycles. The number of fused-ring (bicyclic) bond motifs is 2. The zero-order chi connectivity index (χ0) is 33.1. The molecular formula is C33H35N2O8S3-. The number of hydrogen-bond donors (Lipinski definition) is 0. The molecular weight excluding hydrogens is 649 g/mol. The standard InChI is InChI=1S/C33H36N2O8S3/c1-4-24(20-33-35(16-8-18-45(36,37)38)28-13-12-27(42-3)22-31(28)44-33)19-32-34(17-15-23(2)46(39,40)41)29-21-26(11-14-30(29)43-32)25-9-6-5-7-10-25/h5-7,9-14,19-23H,4,8,15-18H2,1-3H3,(H-,36,37,38,39,40,41)/p-1. The van der Waals surface area contributed by atoms with Gasteiger partial charge in [0.1, 0.15) is 10.4 Å². The summed E-state index contributed by atoms with van der Waals surface area (Å²) in [7, 11) is -7.23. The number of hydrogen-bond acceptors (Lipinski definition) is 10. The normalized spacial score (nSPS) is 15.3. The van der Waals surface area contributed by atoms with Crippen LogP contribution in [-0.4, -0.2) is 50.6 Å². The summed E-state index contributed by atoms with van der Waals surface area (Å²) < 4.78 is 83.8. The lowest BCUT2D eigenvalue weighted by Gasteiger charge is -2.22. The predicted octanol–water partition coefficient (Wildman–Crippen LogP) is 5.66. The number of nitrogens with zero attached hydrogens (tertiary/aromatic N) is 2. The van der Waals surface area contributed by atoms with Crippen LogP contribution in [0.2, 0.25) is 0 Å². The number of ether oxygens (including phenoxy) is 2. The molecule has 0 amide bonds. The largest absolute Gasteiger partial charge is 0.748 e. The Hall–Kier alpha value is -3.75. The highest BCUT2D eigenvalue weighted by Gasteiger charge is 2.28. The number of methoxy groups -OCH3 is 1. The summed E-state index contributed by atoms with van der Waals surface area (Å²) in [4.78, 5) is 1.90. The molecule has 1 unspecified atom stereocenters. The van der Waals surface area contributed by atoms with E-state index in [9.17, 15) is 25.9 Å². The van der Waals surface area contributed by atoms with Crippen LogP contribution in [0.4, 0.5) is 5.69 Å². The van der Waals surface area contributed by atoms with E-state index in [2.05, 4.69) is 0 Å². The van der Waals surface area contributed by atoms with Gasteiger partial charge in [0.15, 0.2) is 12.3 Å². The highest BCUT2D eigenvalue weighted by atomic mass is 32.2. The van der Waals surface area contributed by atoms with E-state index in [-0.39, 0.29) is 19.4 Å². The molecule has 0 saturated heterocycles. The average molecular weight is 684 g/mol. The second-order valence-electron chi connectivity index (χ2n) is 11.0. The van der Waals surface area contributed by atoms with Crippen molar-refractivity contribution in [3.63, 3.8) is 0 Å².